The fourth-order valence-corrected chi connectivity index (χ4v) is 1.92. The van der Waals surface area contributed by atoms with Gasteiger partial charge in [-0.05, 0) is 0 Å². The van der Waals surface area contributed by atoms with Crippen LogP contribution in [0.5, 0.6) is 11.5 Å². The van der Waals surface area contributed by atoms with Crippen LogP contribution in [0.3, 0.4) is 0 Å². The maximum absolute atomic E-state index is 5.94. The van der Waals surface area contributed by atoms with Crippen molar-refractivity contribution in [2.75, 3.05) is 0 Å². The molecule has 0 fully saturated rings. The maximum Gasteiger partial charge on any atom is 0.217 e. The van der Waals surface area contributed by atoms with E-state index in [1.165, 1.54) is 0 Å². The molecular formula is C14H7Cl2O2. The topological polar surface area (TPSA) is 18.5 Å². The Hall–Kier alpha value is -1.64. The third-order valence-electron chi connectivity index (χ3n) is 2.49. The van der Waals surface area contributed by atoms with E-state index in [1.54, 1.807) is 12.1 Å². The van der Waals surface area contributed by atoms with Crippen molar-refractivity contribution in [1.82, 2.24) is 0 Å². The summed E-state index contributed by atoms with van der Waals surface area (Å²) in [5.74, 6) is 1.55. The molecule has 0 spiro atoms. The van der Waals surface area contributed by atoms with Crippen molar-refractivity contribution in [2.24, 2.45) is 0 Å². The molecule has 4 heteroatoms. The molecule has 0 aromatic heterocycles. The lowest BCUT2D eigenvalue weighted by Gasteiger charge is -2.18. The first-order valence-electron chi connectivity index (χ1n) is 5.26. The van der Waals surface area contributed by atoms with E-state index in [9.17, 15) is 0 Å². The van der Waals surface area contributed by atoms with E-state index in [0.717, 1.165) is 5.56 Å². The van der Waals surface area contributed by atoms with Crippen LogP contribution in [0.4, 0.5) is 0 Å². The molecule has 0 atom stereocenters. The third kappa shape index (κ3) is 2.05. The smallest absolute Gasteiger partial charge is 0.217 e. The number of benzene rings is 2. The zero-order valence-corrected chi connectivity index (χ0v) is 10.6. The predicted octanol–water partition coefficient (Wildman–Crippen LogP) is 4.57. The summed E-state index contributed by atoms with van der Waals surface area (Å²) in [6, 6.07) is 12.8. The van der Waals surface area contributed by atoms with Gasteiger partial charge in [0.2, 0.25) is 6.26 Å². The van der Waals surface area contributed by atoms with Gasteiger partial charge in [-0.2, -0.15) is 0 Å². The molecule has 0 N–H and O–H groups in total. The van der Waals surface area contributed by atoms with Crippen LogP contribution in [-0.4, -0.2) is 0 Å². The third-order valence-corrected chi connectivity index (χ3v) is 3.21. The van der Waals surface area contributed by atoms with Crippen molar-refractivity contribution in [1.29, 1.82) is 0 Å². The highest BCUT2D eigenvalue weighted by molar-refractivity contribution is 6.42. The van der Waals surface area contributed by atoms with Gasteiger partial charge in [0, 0.05) is 17.7 Å². The second-order valence-corrected chi connectivity index (χ2v) is 4.53. The Morgan fingerprint density at radius 3 is 2.28 bits per heavy atom. The van der Waals surface area contributed by atoms with Crippen LogP contribution in [0.2, 0.25) is 10.0 Å². The molecule has 0 saturated carbocycles. The van der Waals surface area contributed by atoms with Crippen molar-refractivity contribution in [3.63, 3.8) is 0 Å². The number of rotatable bonds is 1. The summed E-state index contributed by atoms with van der Waals surface area (Å²) >= 11 is 11.8. The van der Waals surface area contributed by atoms with Gasteiger partial charge in [0.15, 0.2) is 17.3 Å². The number of fused-ring (bicyclic) bond motifs is 1. The van der Waals surface area contributed by atoms with Gasteiger partial charge in [-0.25, -0.2) is 0 Å². The Kier molecular flexibility index (Phi) is 2.90. The molecule has 2 nitrogen and oxygen atoms in total. The zero-order valence-electron chi connectivity index (χ0n) is 9.11. The fourth-order valence-electron chi connectivity index (χ4n) is 1.61. The molecule has 18 heavy (non-hydrogen) atoms. The maximum atomic E-state index is 5.94. The number of hydrogen-bond donors (Lipinski definition) is 0. The molecule has 2 aromatic rings. The van der Waals surface area contributed by atoms with Crippen LogP contribution in [0, 0.1) is 6.26 Å². The minimum atomic E-state index is 0.420. The lowest BCUT2D eigenvalue weighted by Crippen LogP contribution is -2.04. The predicted molar refractivity (Wildman–Crippen MR) is 70.8 cm³/mol. The minimum absolute atomic E-state index is 0.420. The molecule has 0 saturated heterocycles. The zero-order chi connectivity index (χ0) is 12.5. The summed E-state index contributed by atoms with van der Waals surface area (Å²) in [7, 11) is 0. The lowest BCUT2D eigenvalue weighted by molar-refractivity contribution is 0.364. The number of hydrogen-bond acceptors (Lipinski definition) is 2. The monoisotopic (exact) mass is 277 g/mol. The Balaban J connectivity index is 1.97. The molecule has 0 amide bonds. The van der Waals surface area contributed by atoms with Crippen LogP contribution in [-0.2, 0) is 0 Å². The Morgan fingerprint density at radius 1 is 0.889 bits per heavy atom. The van der Waals surface area contributed by atoms with Crippen LogP contribution >= 0.6 is 23.2 Å². The molecule has 0 bridgehead atoms. The fraction of sp³-hybridized carbons (Fsp3) is 0. The lowest BCUT2D eigenvalue weighted by atomic mass is 10.2. The Morgan fingerprint density at radius 2 is 1.56 bits per heavy atom. The van der Waals surface area contributed by atoms with E-state index in [2.05, 4.69) is 6.26 Å². The summed E-state index contributed by atoms with van der Waals surface area (Å²) in [4.78, 5) is 0. The molecule has 1 aliphatic rings. The minimum Gasteiger partial charge on any atom is -0.449 e. The van der Waals surface area contributed by atoms with Crippen LogP contribution in [0.15, 0.2) is 42.5 Å². The molecule has 89 valence electrons. The van der Waals surface area contributed by atoms with Gasteiger partial charge in [0.25, 0.3) is 0 Å². The molecule has 1 radical (unpaired) electrons. The molecule has 1 aliphatic heterocycles. The highest BCUT2D eigenvalue weighted by Crippen LogP contribution is 2.40. The van der Waals surface area contributed by atoms with E-state index < -0.39 is 0 Å². The molecular weight excluding hydrogens is 271 g/mol. The van der Waals surface area contributed by atoms with Crippen molar-refractivity contribution < 1.29 is 9.47 Å². The quantitative estimate of drug-likeness (QED) is 0.760. The van der Waals surface area contributed by atoms with Gasteiger partial charge in [-0.1, -0.05) is 53.5 Å². The molecule has 1 heterocycles. The number of ether oxygens (including phenoxy) is 2. The summed E-state index contributed by atoms with van der Waals surface area (Å²) < 4.78 is 11.1. The van der Waals surface area contributed by atoms with E-state index >= 15 is 0 Å². The van der Waals surface area contributed by atoms with Crippen LogP contribution < -0.4 is 9.47 Å². The van der Waals surface area contributed by atoms with Crippen LogP contribution in [0.1, 0.15) is 5.56 Å². The molecule has 0 aliphatic carbocycles. The van der Waals surface area contributed by atoms with Gasteiger partial charge >= 0.3 is 0 Å². The summed E-state index contributed by atoms with van der Waals surface area (Å²) in [5.41, 5.74) is 0.884. The normalized spacial score (nSPS) is 13.1. The van der Waals surface area contributed by atoms with Crippen molar-refractivity contribution >= 4 is 29.0 Å². The van der Waals surface area contributed by atoms with Gasteiger partial charge in [-0.15, -0.1) is 0 Å². The molecule has 0 unspecified atom stereocenters. The van der Waals surface area contributed by atoms with Crippen LogP contribution in [0.25, 0.3) is 5.76 Å². The summed E-state index contributed by atoms with van der Waals surface area (Å²) in [6.45, 7) is 0. The number of halogens is 2. The SMILES string of the molecule is Clc1cc2c(cc1Cl)OC(c1ccccc1)=[C]O2. The Bertz CT molecular complexity index is 621. The summed E-state index contributed by atoms with van der Waals surface area (Å²) in [5, 5.41) is 0.845. The first-order valence-corrected chi connectivity index (χ1v) is 6.02. The second-order valence-electron chi connectivity index (χ2n) is 3.71. The van der Waals surface area contributed by atoms with E-state index in [0.29, 0.717) is 27.3 Å². The molecule has 2 aromatic carbocycles. The first kappa shape index (κ1) is 11.5. The largest absolute Gasteiger partial charge is 0.449 e. The van der Waals surface area contributed by atoms with E-state index in [-0.39, 0.29) is 0 Å². The van der Waals surface area contributed by atoms with Crippen molar-refractivity contribution in [3.05, 3.63) is 64.3 Å². The Labute approximate surface area is 114 Å². The van der Waals surface area contributed by atoms with Crippen molar-refractivity contribution in [2.45, 2.75) is 0 Å². The van der Waals surface area contributed by atoms with Crippen molar-refractivity contribution in [3.8, 4) is 11.5 Å². The van der Waals surface area contributed by atoms with Gasteiger partial charge in [-0.3, -0.25) is 0 Å². The van der Waals surface area contributed by atoms with Gasteiger partial charge in [0.1, 0.15) is 0 Å². The van der Waals surface area contributed by atoms with Gasteiger partial charge in [0.05, 0.1) is 10.0 Å². The average Bonchev–Trinajstić information content (AvgIpc) is 2.41. The second kappa shape index (κ2) is 4.56. The van der Waals surface area contributed by atoms with Gasteiger partial charge < -0.3 is 9.47 Å². The highest BCUT2D eigenvalue weighted by atomic mass is 35.5. The standard InChI is InChI=1S/C14H7Cl2O2/c15-10-6-12-13(7-11(10)16)18-14(8-17-12)9-4-2-1-3-5-9/h1-7H. The van der Waals surface area contributed by atoms with E-state index in [4.69, 9.17) is 32.7 Å². The first-order chi connectivity index (χ1) is 8.74. The average molecular weight is 278 g/mol. The summed E-state index contributed by atoms with van der Waals surface area (Å²) in [6.07, 6.45) is 2.73. The molecule has 3 rings (SSSR count). The van der Waals surface area contributed by atoms with E-state index in [1.807, 2.05) is 30.3 Å². The highest BCUT2D eigenvalue weighted by Gasteiger charge is 2.18.